The van der Waals surface area contributed by atoms with Crippen molar-refractivity contribution in [1.82, 2.24) is 14.6 Å². The second kappa shape index (κ2) is 6.02. The molecule has 0 fully saturated rings. The van der Waals surface area contributed by atoms with E-state index in [1.807, 2.05) is 50.2 Å². The first-order valence-electron chi connectivity index (χ1n) is 8.07. The maximum atomic E-state index is 13.1. The summed E-state index contributed by atoms with van der Waals surface area (Å²) in [6.45, 7) is 3.98. The molecule has 0 saturated carbocycles. The number of hydrogen-bond acceptors (Lipinski definition) is 3. The summed E-state index contributed by atoms with van der Waals surface area (Å²) in [5.74, 6) is 0.530. The van der Waals surface area contributed by atoms with Gasteiger partial charge in [-0.05, 0) is 38.1 Å². The van der Waals surface area contributed by atoms with E-state index in [4.69, 9.17) is 5.10 Å². The van der Waals surface area contributed by atoms with Crippen molar-refractivity contribution >= 4 is 17.2 Å². The molecule has 0 unspecified atom stereocenters. The highest BCUT2D eigenvalue weighted by atomic mass is 19.1. The highest BCUT2D eigenvalue weighted by Crippen LogP contribution is 2.27. The molecule has 2 aromatic heterocycles. The minimum Gasteiger partial charge on any atom is -0.340 e. The van der Waals surface area contributed by atoms with Gasteiger partial charge in [-0.3, -0.25) is 0 Å². The van der Waals surface area contributed by atoms with Crippen LogP contribution >= 0.6 is 0 Å². The van der Waals surface area contributed by atoms with Crippen LogP contribution in [0, 0.1) is 19.7 Å². The van der Waals surface area contributed by atoms with Crippen LogP contribution in [0.25, 0.3) is 16.9 Å². The highest BCUT2D eigenvalue weighted by Gasteiger charge is 2.15. The second-order valence-corrected chi connectivity index (χ2v) is 5.99. The molecule has 5 heteroatoms. The molecule has 4 aromatic rings. The van der Waals surface area contributed by atoms with Gasteiger partial charge in [-0.15, -0.1) is 0 Å². The molecule has 4 rings (SSSR count). The molecular formula is C20H17FN4. The van der Waals surface area contributed by atoms with Gasteiger partial charge in [0.05, 0.1) is 5.69 Å². The molecule has 0 amide bonds. The zero-order valence-electron chi connectivity index (χ0n) is 14.0. The summed E-state index contributed by atoms with van der Waals surface area (Å²) in [5.41, 5.74) is 5.47. The minimum atomic E-state index is -0.261. The third-order valence-electron chi connectivity index (χ3n) is 4.11. The van der Waals surface area contributed by atoms with Crippen molar-refractivity contribution < 1.29 is 4.39 Å². The second-order valence-electron chi connectivity index (χ2n) is 5.99. The SMILES string of the molecule is Cc1cc(Nc2ccc(F)cc2)n2nc(-c3ccccc3)c(C)c2n1. The van der Waals surface area contributed by atoms with Crippen LogP contribution in [-0.4, -0.2) is 14.6 Å². The van der Waals surface area contributed by atoms with E-state index >= 15 is 0 Å². The molecule has 0 saturated heterocycles. The summed E-state index contributed by atoms with van der Waals surface area (Å²) in [6.07, 6.45) is 0. The number of nitrogens with one attached hydrogen (secondary N) is 1. The number of aromatic nitrogens is 3. The van der Waals surface area contributed by atoms with E-state index in [-0.39, 0.29) is 5.82 Å². The topological polar surface area (TPSA) is 42.2 Å². The number of fused-ring (bicyclic) bond motifs is 1. The zero-order valence-corrected chi connectivity index (χ0v) is 14.0. The summed E-state index contributed by atoms with van der Waals surface area (Å²) in [5, 5.41) is 8.06. The molecule has 1 N–H and O–H groups in total. The van der Waals surface area contributed by atoms with Crippen molar-refractivity contribution in [2.24, 2.45) is 0 Å². The summed E-state index contributed by atoms with van der Waals surface area (Å²) < 4.78 is 14.9. The Labute approximate surface area is 145 Å². The fourth-order valence-electron chi connectivity index (χ4n) is 2.89. The van der Waals surface area contributed by atoms with Crippen LogP contribution in [0.3, 0.4) is 0 Å². The van der Waals surface area contributed by atoms with Gasteiger partial charge in [0, 0.05) is 28.6 Å². The van der Waals surface area contributed by atoms with Gasteiger partial charge in [0.2, 0.25) is 0 Å². The quantitative estimate of drug-likeness (QED) is 0.580. The van der Waals surface area contributed by atoms with E-state index in [2.05, 4.69) is 10.3 Å². The Morgan fingerprint density at radius 1 is 0.960 bits per heavy atom. The highest BCUT2D eigenvalue weighted by molar-refractivity contribution is 5.72. The lowest BCUT2D eigenvalue weighted by Crippen LogP contribution is -2.02. The Morgan fingerprint density at radius 3 is 2.40 bits per heavy atom. The molecule has 0 aliphatic carbocycles. The third-order valence-corrected chi connectivity index (χ3v) is 4.11. The molecular weight excluding hydrogens is 315 g/mol. The van der Waals surface area contributed by atoms with Gasteiger partial charge in [0.25, 0.3) is 0 Å². The standard InChI is InChI=1S/C20H17FN4/c1-13-12-18(23-17-10-8-16(21)9-11-17)25-20(22-13)14(2)19(24-25)15-6-4-3-5-7-15/h3-12,23H,1-2H3. The van der Waals surface area contributed by atoms with Crippen LogP contribution in [0.5, 0.6) is 0 Å². The van der Waals surface area contributed by atoms with Crippen LogP contribution in [0.2, 0.25) is 0 Å². The normalized spacial score (nSPS) is 11.0. The zero-order chi connectivity index (χ0) is 17.4. The first-order chi connectivity index (χ1) is 12.1. The smallest absolute Gasteiger partial charge is 0.161 e. The number of anilines is 2. The van der Waals surface area contributed by atoms with Crippen LogP contribution in [0.4, 0.5) is 15.9 Å². The van der Waals surface area contributed by atoms with Crippen molar-refractivity contribution in [3.8, 4) is 11.3 Å². The predicted molar refractivity (Wildman–Crippen MR) is 97.6 cm³/mol. The lowest BCUT2D eigenvalue weighted by atomic mass is 10.1. The van der Waals surface area contributed by atoms with Crippen LogP contribution in [-0.2, 0) is 0 Å². The van der Waals surface area contributed by atoms with Gasteiger partial charge in [0.15, 0.2) is 5.65 Å². The molecule has 2 heterocycles. The largest absolute Gasteiger partial charge is 0.340 e. The van der Waals surface area contributed by atoms with E-state index in [9.17, 15) is 4.39 Å². The summed E-state index contributed by atoms with van der Waals surface area (Å²) in [7, 11) is 0. The lowest BCUT2D eigenvalue weighted by molar-refractivity contribution is 0.628. The molecule has 2 aromatic carbocycles. The number of halogens is 1. The van der Waals surface area contributed by atoms with Gasteiger partial charge in [0.1, 0.15) is 11.6 Å². The Hall–Kier alpha value is -3.21. The molecule has 4 nitrogen and oxygen atoms in total. The first kappa shape index (κ1) is 15.3. The summed E-state index contributed by atoms with van der Waals surface area (Å²) in [4.78, 5) is 4.64. The molecule has 0 aliphatic rings. The Bertz CT molecular complexity index is 1040. The van der Waals surface area contributed by atoms with Gasteiger partial charge in [-0.1, -0.05) is 30.3 Å². The van der Waals surface area contributed by atoms with Gasteiger partial charge in [-0.25, -0.2) is 9.37 Å². The Kier molecular flexibility index (Phi) is 3.69. The number of rotatable bonds is 3. The van der Waals surface area contributed by atoms with E-state index in [1.165, 1.54) is 12.1 Å². The van der Waals surface area contributed by atoms with Crippen molar-refractivity contribution in [3.05, 3.63) is 77.7 Å². The summed E-state index contributed by atoms with van der Waals surface area (Å²) >= 11 is 0. The summed E-state index contributed by atoms with van der Waals surface area (Å²) in [6, 6.07) is 18.2. The van der Waals surface area contributed by atoms with E-state index in [0.29, 0.717) is 0 Å². The van der Waals surface area contributed by atoms with E-state index < -0.39 is 0 Å². The van der Waals surface area contributed by atoms with Gasteiger partial charge < -0.3 is 5.32 Å². The Morgan fingerprint density at radius 2 is 1.68 bits per heavy atom. The predicted octanol–water partition coefficient (Wildman–Crippen LogP) is 4.90. The molecule has 0 spiro atoms. The fraction of sp³-hybridized carbons (Fsp3) is 0.100. The van der Waals surface area contributed by atoms with Crippen molar-refractivity contribution in [2.45, 2.75) is 13.8 Å². The van der Waals surface area contributed by atoms with E-state index in [1.54, 1.807) is 16.6 Å². The average molecular weight is 332 g/mol. The van der Waals surface area contributed by atoms with E-state index in [0.717, 1.165) is 39.7 Å². The maximum absolute atomic E-state index is 13.1. The van der Waals surface area contributed by atoms with Gasteiger partial charge in [-0.2, -0.15) is 9.61 Å². The minimum absolute atomic E-state index is 0.261. The molecule has 25 heavy (non-hydrogen) atoms. The molecule has 0 bridgehead atoms. The number of benzene rings is 2. The maximum Gasteiger partial charge on any atom is 0.161 e. The van der Waals surface area contributed by atoms with Crippen LogP contribution in [0.15, 0.2) is 60.7 Å². The van der Waals surface area contributed by atoms with Gasteiger partial charge >= 0.3 is 0 Å². The third kappa shape index (κ3) is 2.85. The van der Waals surface area contributed by atoms with Crippen LogP contribution in [0.1, 0.15) is 11.3 Å². The molecule has 0 aliphatic heterocycles. The lowest BCUT2D eigenvalue weighted by Gasteiger charge is -2.09. The number of hydrogen-bond donors (Lipinski definition) is 1. The monoisotopic (exact) mass is 332 g/mol. The van der Waals surface area contributed by atoms with Crippen molar-refractivity contribution in [1.29, 1.82) is 0 Å². The fourth-order valence-corrected chi connectivity index (χ4v) is 2.89. The molecule has 124 valence electrons. The van der Waals surface area contributed by atoms with Crippen LogP contribution < -0.4 is 5.32 Å². The number of nitrogens with zero attached hydrogens (tertiary/aromatic N) is 3. The Balaban J connectivity index is 1.86. The molecule has 0 radical (unpaired) electrons. The van der Waals surface area contributed by atoms with Crippen molar-refractivity contribution in [2.75, 3.05) is 5.32 Å². The average Bonchev–Trinajstić information content (AvgIpc) is 2.95. The first-order valence-corrected chi connectivity index (χ1v) is 8.07. The number of aryl methyl sites for hydroxylation is 2. The van der Waals surface area contributed by atoms with Crippen molar-refractivity contribution in [3.63, 3.8) is 0 Å². The molecule has 0 atom stereocenters.